The van der Waals surface area contributed by atoms with Crippen LogP contribution in [0.5, 0.6) is 0 Å². The second-order valence-electron chi connectivity index (χ2n) is 6.60. The molecule has 0 heterocycles. The van der Waals surface area contributed by atoms with Gasteiger partial charge in [-0.25, -0.2) is 4.39 Å². The standard InChI is InChI=1S/C20H29FN4O/c1-3-26-19(16-6-4-5-7-16)10-11-24-20(23-2)25-14-17-12-15(13-22)8-9-18(17)21/h8-9,12,16,19H,3-7,10-11,14H2,1-2H3,(H2,23,24,25). The zero-order valence-electron chi connectivity index (χ0n) is 15.7. The summed E-state index contributed by atoms with van der Waals surface area (Å²) in [7, 11) is 1.69. The molecular weight excluding hydrogens is 331 g/mol. The minimum atomic E-state index is -0.329. The molecule has 0 saturated heterocycles. The van der Waals surface area contributed by atoms with Crippen molar-refractivity contribution in [3.05, 3.63) is 35.1 Å². The summed E-state index contributed by atoms with van der Waals surface area (Å²) in [6, 6.07) is 6.38. The molecular formula is C20H29FN4O. The Hall–Kier alpha value is -2.13. The topological polar surface area (TPSA) is 69.4 Å². The Balaban J connectivity index is 1.81. The fourth-order valence-corrected chi connectivity index (χ4v) is 3.51. The minimum Gasteiger partial charge on any atom is -0.378 e. The minimum absolute atomic E-state index is 0.276. The summed E-state index contributed by atoms with van der Waals surface area (Å²) in [6.07, 6.45) is 6.34. The Morgan fingerprint density at radius 1 is 1.38 bits per heavy atom. The third kappa shape index (κ3) is 5.99. The molecule has 2 rings (SSSR count). The van der Waals surface area contributed by atoms with Crippen molar-refractivity contribution in [1.29, 1.82) is 5.26 Å². The lowest BCUT2D eigenvalue weighted by Gasteiger charge is -2.24. The van der Waals surface area contributed by atoms with Crippen molar-refractivity contribution < 1.29 is 9.13 Å². The van der Waals surface area contributed by atoms with Crippen LogP contribution in [0.3, 0.4) is 0 Å². The van der Waals surface area contributed by atoms with E-state index in [0.717, 1.165) is 19.6 Å². The third-order valence-electron chi connectivity index (χ3n) is 4.87. The lowest BCUT2D eigenvalue weighted by Crippen LogP contribution is -2.39. The molecule has 6 heteroatoms. The van der Waals surface area contributed by atoms with Crippen LogP contribution in [0.15, 0.2) is 23.2 Å². The van der Waals surface area contributed by atoms with E-state index in [-0.39, 0.29) is 18.5 Å². The zero-order valence-corrected chi connectivity index (χ0v) is 15.7. The van der Waals surface area contributed by atoms with E-state index in [0.29, 0.717) is 23.0 Å². The molecule has 0 bridgehead atoms. The van der Waals surface area contributed by atoms with Crippen LogP contribution < -0.4 is 10.6 Å². The number of hydrogen-bond donors (Lipinski definition) is 2. The van der Waals surface area contributed by atoms with E-state index in [2.05, 4.69) is 15.6 Å². The summed E-state index contributed by atoms with van der Waals surface area (Å²) >= 11 is 0. The van der Waals surface area contributed by atoms with Crippen molar-refractivity contribution in [2.45, 2.75) is 51.7 Å². The molecule has 1 aromatic rings. The average molecular weight is 360 g/mol. The number of nitrogens with one attached hydrogen (secondary N) is 2. The van der Waals surface area contributed by atoms with Crippen LogP contribution in [0.2, 0.25) is 0 Å². The molecule has 26 heavy (non-hydrogen) atoms. The zero-order chi connectivity index (χ0) is 18.8. The number of nitrogens with zero attached hydrogens (tertiary/aromatic N) is 2. The summed E-state index contributed by atoms with van der Waals surface area (Å²) in [5.74, 6) is 0.951. The van der Waals surface area contributed by atoms with Gasteiger partial charge in [0.15, 0.2) is 5.96 Å². The molecule has 0 aliphatic heterocycles. The van der Waals surface area contributed by atoms with Crippen LogP contribution in [0, 0.1) is 23.1 Å². The van der Waals surface area contributed by atoms with Gasteiger partial charge in [-0.2, -0.15) is 5.26 Å². The van der Waals surface area contributed by atoms with Gasteiger partial charge in [0, 0.05) is 32.3 Å². The lowest BCUT2D eigenvalue weighted by atomic mass is 9.98. The van der Waals surface area contributed by atoms with E-state index < -0.39 is 0 Å². The monoisotopic (exact) mass is 360 g/mol. The normalized spacial score (nSPS) is 16.3. The van der Waals surface area contributed by atoms with Crippen molar-refractivity contribution in [2.75, 3.05) is 20.2 Å². The number of guanidine groups is 1. The molecule has 0 radical (unpaired) electrons. The summed E-state index contributed by atoms with van der Waals surface area (Å²) in [6.45, 7) is 3.81. The van der Waals surface area contributed by atoms with Gasteiger partial charge < -0.3 is 15.4 Å². The van der Waals surface area contributed by atoms with Crippen molar-refractivity contribution in [3.63, 3.8) is 0 Å². The number of halogens is 1. The largest absolute Gasteiger partial charge is 0.378 e. The number of nitriles is 1. The SMILES string of the molecule is CCOC(CCNC(=NC)NCc1cc(C#N)ccc1F)C1CCCC1. The summed E-state index contributed by atoms with van der Waals surface area (Å²) in [5, 5.41) is 15.3. The lowest BCUT2D eigenvalue weighted by molar-refractivity contribution is 0.0169. The van der Waals surface area contributed by atoms with Crippen LogP contribution >= 0.6 is 0 Å². The number of benzene rings is 1. The Morgan fingerprint density at radius 2 is 2.15 bits per heavy atom. The van der Waals surface area contributed by atoms with Gasteiger partial charge >= 0.3 is 0 Å². The maximum absolute atomic E-state index is 13.8. The fraction of sp³-hybridized carbons (Fsp3) is 0.600. The molecule has 1 atom stereocenters. The Bertz CT molecular complexity index is 635. The van der Waals surface area contributed by atoms with Gasteiger partial charge in [0.05, 0.1) is 17.7 Å². The number of aliphatic imine (C=N–C) groups is 1. The van der Waals surface area contributed by atoms with Gasteiger partial charge in [-0.15, -0.1) is 0 Å². The molecule has 0 spiro atoms. The first-order valence-electron chi connectivity index (χ1n) is 9.42. The maximum Gasteiger partial charge on any atom is 0.191 e. The van der Waals surface area contributed by atoms with E-state index in [9.17, 15) is 4.39 Å². The molecule has 1 fully saturated rings. The number of hydrogen-bond acceptors (Lipinski definition) is 3. The van der Waals surface area contributed by atoms with Crippen LogP contribution in [0.25, 0.3) is 0 Å². The molecule has 5 nitrogen and oxygen atoms in total. The predicted molar refractivity (Wildman–Crippen MR) is 101 cm³/mol. The Labute approximate surface area is 155 Å². The maximum atomic E-state index is 13.8. The van der Waals surface area contributed by atoms with Gasteiger partial charge in [0.25, 0.3) is 0 Å². The first-order chi connectivity index (χ1) is 12.7. The van der Waals surface area contributed by atoms with E-state index in [1.54, 1.807) is 13.1 Å². The van der Waals surface area contributed by atoms with Crippen LogP contribution in [-0.4, -0.2) is 32.3 Å². The van der Waals surface area contributed by atoms with E-state index in [1.807, 2.05) is 13.0 Å². The highest BCUT2D eigenvalue weighted by Crippen LogP contribution is 2.30. The second-order valence-corrected chi connectivity index (χ2v) is 6.60. The molecule has 1 unspecified atom stereocenters. The average Bonchev–Trinajstić information content (AvgIpc) is 3.19. The third-order valence-corrected chi connectivity index (χ3v) is 4.87. The Morgan fingerprint density at radius 3 is 2.81 bits per heavy atom. The van der Waals surface area contributed by atoms with E-state index in [1.165, 1.54) is 37.8 Å². The van der Waals surface area contributed by atoms with Gasteiger partial charge in [-0.3, -0.25) is 4.99 Å². The fourth-order valence-electron chi connectivity index (χ4n) is 3.51. The molecule has 0 amide bonds. The van der Waals surface area contributed by atoms with Crippen molar-refractivity contribution >= 4 is 5.96 Å². The highest BCUT2D eigenvalue weighted by Gasteiger charge is 2.25. The molecule has 2 N–H and O–H groups in total. The van der Waals surface area contributed by atoms with Gasteiger partial charge in [-0.1, -0.05) is 12.8 Å². The number of ether oxygens (including phenoxy) is 1. The van der Waals surface area contributed by atoms with Crippen molar-refractivity contribution in [2.24, 2.45) is 10.9 Å². The second kappa shape index (κ2) is 10.8. The predicted octanol–water partition coefficient (Wildman–Crippen LogP) is 3.35. The smallest absolute Gasteiger partial charge is 0.191 e. The van der Waals surface area contributed by atoms with Crippen molar-refractivity contribution in [1.82, 2.24) is 10.6 Å². The number of rotatable bonds is 8. The van der Waals surface area contributed by atoms with Crippen LogP contribution in [0.4, 0.5) is 4.39 Å². The highest BCUT2D eigenvalue weighted by atomic mass is 19.1. The molecule has 142 valence electrons. The van der Waals surface area contributed by atoms with Gasteiger partial charge in [0.2, 0.25) is 0 Å². The molecule has 1 saturated carbocycles. The van der Waals surface area contributed by atoms with Crippen LogP contribution in [0.1, 0.15) is 50.2 Å². The molecule has 1 aliphatic rings. The van der Waals surface area contributed by atoms with E-state index >= 15 is 0 Å². The van der Waals surface area contributed by atoms with Crippen LogP contribution in [-0.2, 0) is 11.3 Å². The first-order valence-corrected chi connectivity index (χ1v) is 9.42. The first kappa shape index (κ1) is 20.2. The highest BCUT2D eigenvalue weighted by molar-refractivity contribution is 5.79. The molecule has 1 aliphatic carbocycles. The van der Waals surface area contributed by atoms with Gasteiger partial charge in [-0.05, 0) is 50.3 Å². The van der Waals surface area contributed by atoms with E-state index in [4.69, 9.17) is 10.00 Å². The molecule has 1 aromatic carbocycles. The van der Waals surface area contributed by atoms with Crippen molar-refractivity contribution in [3.8, 4) is 6.07 Å². The quantitative estimate of drug-likeness (QED) is 0.551. The summed E-state index contributed by atoms with van der Waals surface area (Å²) < 4.78 is 19.8. The van der Waals surface area contributed by atoms with Gasteiger partial charge in [0.1, 0.15) is 5.82 Å². The Kier molecular flexibility index (Phi) is 8.36. The summed E-state index contributed by atoms with van der Waals surface area (Å²) in [4.78, 5) is 4.18. The summed E-state index contributed by atoms with van der Waals surface area (Å²) in [5.41, 5.74) is 0.896. The molecule has 0 aromatic heterocycles.